The Balaban J connectivity index is 1.88. The van der Waals surface area contributed by atoms with E-state index in [1.807, 2.05) is 19.1 Å². The first kappa shape index (κ1) is 24.2. The predicted octanol–water partition coefficient (Wildman–Crippen LogP) is 2.90. The topological polar surface area (TPSA) is 107 Å². The summed E-state index contributed by atoms with van der Waals surface area (Å²) in [6.45, 7) is 6.07. The lowest BCUT2D eigenvalue weighted by Gasteiger charge is -2.24. The number of hydrogen-bond acceptors (Lipinski definition) is 7. The first-order chi connectivity index (χ1) is 16.8. The van der Waals surface area contributed by atoms with Gasteiger partial charge in [0.2, 0.25) is 0 Å². The Hall–Kier alpha value is -3.98. The molecule has 3 aromatic rings. The highest BCUT2D eigenvalue weighted by Gasteiger charge is 2.33. The Bertz CT molecular complexity index is 1480. The number of carboxylic acid groups (broad SMARTS) is 1. The molecule has 180 valence electrons. The van der Waals surface area contributed by atoms with Crippen LogP contribution in [0.15, 0.2) is 69.6 Å². The Labute approximate surface area is 205 Å². The van der Waals surface area contributed by atoms with Crippen molar-refractivity contribution in [3.05, 3.63) is 96.2 Å². The van der Waals surface area contributed by atoms with Gasteiger partial charge in [-0.2, -0.15) is 0 Å². The van der Waals surface area contributed by atoms with Gasteiger partial charge in [-0.3, -0.25) is 9.36 Å². The highest BCUT2D eigenvalue weighted by Crippen LogP contribution is 2.31. The van der Waals surface area contributed by atoms with E-state index in [4.69, 9.17) is 14.6 Å². The van der Waals surface area contributed by atoms with Crippen LogP contribution in [0.1, 0.15) is 48.3 Å². The van der Waals surface area contributed by atoms with E-state index in [1.165, 1.54) is 28.0 Å². The molecule has 0 spiro atoms. The average Bonchev–Trinajstić information content (AvgIpc) is 3.13. The number of hydrogen-bond donors (Lipinski definition) is 1. The van der Waals surface area contributed by atoms with Gasteiger partial charge >= 0.3 is 11.9 Å². The van der Waals surface area contributed by atoms with E-state index in [0.29, 0.717) is 38.5 Å². The molecular weight excluding hydrogens is 468 g/mol. The normalized spacial score (nSPS) is 15.4. The number of esters is 1. The molecule has 9 heteroatoms. The number of thiazole rings is 1. The van der Waals surface area contributed by atoms with Gasteiger partial charge in [0.25, 0.3) is 5.56 Å². The molecule has 0 fully saturated rings. The number of carbonyl (C=O) groups is 2. The van der Waals surface area contributed by atoms with Crippen LogP contribution in [0.4, 0.5) is 0 Å². The maximum absolute atomic E-state index is 13.6. The summed E-state index contributed by atoms with van der Waals surface area (Å²) in [6.07, 6.45) is 1.69. The molecule has 0 saturated carbocycles. The minimum absolute atomic E-state index is 0.161. The van der Waals surface area contributed by atoms with E-state index in [9.17, 15) is 14.4 Å². The molecule has 0 radical (unpaired) electrons. The molecule has 0 saturated heterocycles. The summed E-state index contributed by atoms with van der Waals surface area (Å²) < 4.78 is 12.8. The van der Waals surface area contributed by atoms with E-state index in [0.717, 1.165) is 5.56 Å². The number of carboxylic acids is 1. The summed E-state index contributed by atoms with van der Waals surface area (Å²) in [4.78, 5) is 42.6. The van der Waals surface area contributed by atoms with Crippen molar-refractivity contribution < 1.29 is 24.2 Å². The summed E-state index contributed by atoms with van der Waals surface area (Å²) in [5.74, 6) is -0.855. The Morgan fingerprint density at radius 3 is 2.37 bits per heavy atom. The lowest BCUT2D eigenvalue weighted by atomic mass is 9.96. The summed E-state index contributed by atoms with van der Waals surface area (Å²) in [7, 11) is 0. The molecule has 1 aromatic heterocycles. The van der Waals surface area contributed by atoms with Gasteiger partial charge in [0, 0.05) is 0 Å². The molecule has 35 heavy (non-hydrogen) atoms. The molecule has 1 aliphatic heterocycles. The van der Waals surface area contributed by atoms with Crippen molar-refractivity contribution in [3.63, 3.8) is 0 Å². The largest absolute Gasteiger partial charge is 0.494 e. The van der Waals surface area contributed by atoms with Crippen LogP contribution in [0.25, 0.3) is 6.08 Å². The molecule has 4 rings (SSSR count). The first-order valence-corrected chi connectivity index (χ1v) is 11.9. The molecular formula is C26H24N2O6S. The predicted molar refractivity (Wildman–Crippen MR) is 131 cm³/mol. The number of aromatic carboxylic acids is 1. The molecule has 1 atom stereocenters. The molecule has 2 aromatic carbocycles. The van der Waals surface area contributed by atoms with Crippen LogP contribution in [0, 0.1) is 0 Å². The maximum atomic E-state index is 13.6. The van der Waals surface area contributed by atoms with Crippen LogP contribution in [0.2, 0.25) is 0 Å². The van der Waals surface area contributed by atoms with Crippen molar-refractivity contribution in [2.24, 2.45) is 4.99 Å². The second-order valence-electron chi connectivity index (χ2n) is 7.73. The number of benzene rings is 2. The SMILES string of the molecule is CCOC(=O)C1=C(C)N=c2sc(=Cc3ccc(C(=O)O)cc3)c(=O)n2C1c1ccc(OCC)cc1. The van der Waals surface area contributed by atoms with E-state index >= 15 is 0 Å². The second kappa shape index (κ2) is 10.1. The fraction of sp³-hybridized carbons (Fsp3) is 0.231. The zero-order valence-electron chi connectivity index (χ0n) is 19.5. The van der Waals surface area contributed by atoms with Crippen molar-refractivity contribution in [1.29, 1.82) is 0 Å². The highest BCUT2D eigenvalue weighted by molar-refractivity contribution is 7.07. The van der Waals surface area contributed by atoms with Gasteiger partial charge in [-0.15, -0.1) is 0 Å². The minimum atomic E-state index is -1.02. The fourth-order valence-corrected chi connectivity index (χ4v) is 4.94. The first-order valence-electron chi connectivity index (χ1n) is 11.1. The molecule has 0 amide bonds. The Morgan fingerprint density at radius 1 is 1.09 bits per heavy atom. The van der Waals surface area contributed by atoms with Gasteiger partial charge in [0.05, 0.1) is 40.6 Å². The van der Waals surface area contributed by atoms with Gasteiger partial charge < -0.3 is 14.6 Å². The Kier molecular flexibility index (Phi) is 6.97. The van der Waals surface area contributed by atoms with Crippen LogP contribution >= 0.6 is 11.3 Å². The zero-order chi connectivity index (χ0) is 25.1. The summed E-state index contributed by atoms with van der Waals surface area (Å²) >= 11 is 1.21. The Morgan fingerprint density at radius 2 is 1.77 bits per heavy atom. The van der Waals surface area contributed by atoms with E-state index < -0.39 is 18.0 Å². The molecule has 1 unspecified atom stereocenters. The number of carbonyl (C=O) groups excluding carboxylic acids is 1. The summed E-state index contributed by atoms with van der Waals surface area (Å²) in [6, 6.07) is 12.8. The van der Waals surface area contributed by atoms with Crippen molar-refractivity contribution in [2.45, 2.75) is 26.8 Å². The summed E-state index contributed by atoms with van der Waals surface area (Å²) in [5, 5.41) is 9.11. The van der Waals surface area contributed by atoms with Gasteiger partial charge in [0.1, 0.15) is 5.75 Å². The highest BCUT2D eigenvalue weighted by atomic mass is 32.1. The monoisotopic (exact) mass is 492 g/mol. The fourth-order valence-electron chi connectivity index (χ4n) is 3.89. The lowest BCUT2D eigenvalue weighted by molar-refractivity contribution is -0.139. The molecule has 1 N–H and O–H groups in total. The second-order valence-corrected chi connectivity index (χ2v) is 8.74. The number of rotatable bonds is 7. The van der Waals surface area contributed by atoms with Crippen molar-refractivity contribution in [1.82, 2.24) is 4.57 Å². The van der Waals surface area contributed by atoms with Crippen LogP contribution < -0.4 is 19.6 Å². The van der Waals surface area contributed by atoms with Crippen LogP contribution in [-0.2, 0) is 9.53 Å². The van der Waals surface area contributed by atoms with Gasteiger partial charge in [-0.25, -0.2) is 14.6 Å². The third kappa shape index (κ3) is 4.81. The lowest BCUT2D eigenvalue weighted by Crippen LogP contribution is -2.39. The van der Waals surface area contributed by atoms with Gasteiger partial charge in [-0.05, 0) is 62.2 Å². The smallest absolute Gasteiger partial charge is 0.338 e. The molecule has 2 heterocycles. The molecule has 0 aliphatic carbocycles. The standard InChI is InChI=1S/C26H24N2O6S/c1-4-33-19-12-10-17(11-13-19)22-21(25(32)34-5-2)15(3)27-26-28(22)23(29)20(35-26)14-16-6-8-18(9-7-16)24(30)31/h6-14,22H,4-5H2,1-3H3,(H,30,31). The quantitative estimate of drug-likeness (QED) is 0.509. The third-order valence-electron chi connectivity index (χ3n) is 5.48. The number of ether oxygens (including phenoxy) is 2. The van der Waals surface area contributed by atoms with Crippen molar-refractivity contribution >= 4 is 29.4 Å². The van der Waals surface area contributed by atoms with Crippen LogP contribution in [-0.4, -0.2) is 34.8 Å². The third-order valence-corrected chi connectivity index (χ3v) is 6.46. The summed E-state index contributed by atoms with van der Waals surface area (Å²) in [5.41, 5.74) is 2.06. The van der Waals surface area contributed by atoms with Gasteiger partial charge in [-0.1, -0.05) is 35.6 Å². The van der Waals surface area contributed by atoms with Crippen molar-refractivity contribution in [2.75, 3.05) is 13.2 Å². The van der Waals surface area contributed by atoms with Gasteiger partial charge in [0.15, 0.2) is 4.80 Å². The molecule has 1 aliphatic rings. The maximum Gasteiger partial charge on any atom is 0.338 e. The molecule has 8 nitrogen and oxygen atoms in total. The van der Waals surface area contributed by atoms with E-state index in [1.54, 1.807) is 44.2 Å². The number of nitrogens with zero attached hydrogens (tertiary/aromatic N) is 2. The van der Waals surface area contributed by atoms with Crippen LogP contribution in [0.3, 0.4) is 0 Å². The number of allylic oxidation sites excluding steroid dienone is 1. The van der Waals surface area contributed by atoms with Crippen molar-refractivity contribution in [3.8, 4) is 5.75 Å². The van der Waals surface area contributed by atoms with E-state index in [2.05, 4.69) is 4.99 Å². The minimum Gasteiger partial charge on any atom is -0.494 e. The van der Waals surface area contributed by atoms with E-state index in [-0.39, 0.29) is 17.7 Å². The zero-order valence-corrected chi connectivity index (χ0v) is 20.3. The number of fused-ring (bicyclic) bond motifs is 1. The molecule has 0 bridgehead atoms. The number of aromatic nitrogens is 1. The average molecular weight is 493 g/mol. The van der Waals surface area contributed by atoms with Crippen LogP contribution in [0.5, 0.6) is 5.75 Å².